The summed E-state index contributed by atoms with van der Waals surface area (Å²) in [6.45, 7) is 0. The Morgan fingerprint density at radius 2 is 2.08 bits per heavy atom. The highest BCUT2D eigenvalue weighted by atomic mass is 32.1. The van der Waals surface area contributed by atoms with Gasteiger partial charge in [0.1, 0.15) is 16.8 Å². The monoisotopic (exact) mass is 338 g/mol. The first-order valence-electron chi connectivity index (χ1n) is 8.36. The molecular weight excluding hydrogens is 320 g/mol. The highest BCUT2D eigenvalue weighted by Gasteiger charge is 2.30. The number of aryl methyl sites for hydroxylation is 1. The van der Waals surface area contributed by atoms with Crippen LogP contribution in [0.15, 0.2) is 24.3 Å². The average molecular weight is 338 g/mol. The third-order valence-corrected chi connectivity index (χ3v) is 5.92. The van der Waals surface area contributed by atoms with Crippen LogP contribution in [0.2, 0.25) is 0 Å². The van der Waals surface area contributed by atoms with E-state index in [2.05, 4.69) is 11.4 Å². The van der Waals surface area contributed by atoms with Gasteiger partial charge in [0.2, 0.25) is 0 Å². The Morgan fingerprint density at radius 1 is 1.25 bits per heavy atom. The number of hydrogen-bond donors (Lipinski definition) is 1. The number of hydrogen-bond acceptors (Lipinski definition) is 4. The molecule has 122 valence electrons. The molecule has 2 aliphatic rings. The maximum Gasteiger partial charge on any atom is 0.266 e. The van der Waals surface area contributed by atoms with Crippen molar-refractivity contribution in [1.82, 2.24) is 0 Å². The number of carbonyl (C=O) groups is 1. The summed E-state index contributed by atoms with van der Waals surface area (Å²) in [6.07, 6.45) is 5.50. The van der Waals surface area contributed by atoms with Crippen molar-refractivity contribution in [2.24, 2.45) is 0 Å². The van der Waals surface area contributed by atoms with E-state index in [4.69, 9.17) is 4.74 Å². The van der Waals surface area contributed by atoms with E-state index in [9.17, 15) is 10.1 Å². The van der Waals surface area contributed by atoms with Gasteiger partial charge in [-0.2, -0.15) is 5.26 Å². The number of fused-ring (bicyclic) bond motifs is 2. The molecule has 24 heavy (non-hydrogen) atoms. The van der Waals surface area contributed by atoms with Gasteiger partial charge in [-0.1, -0.05) is 24.6 Å². The fraction of sp³-hybridized carbons (Fsp3) is 0.368. The quantitative estimate of drug-likeness (QED) is 0.847. The highest BCUT2D eigenvalue weighted by molar-refractivity contribution is 7.16. The number of anilines is 1. The van der Waals surface area contributed by atoms with Crippen LogP contribution in [0.5, 0.6) is 5.75 Å². The lowest BCUT2D eigenvalue weighted by atomic mass is 10.1. The van der Waals surface area contributed by atoms with Crippen molar-refractivity contribution in [3.05, 3.63) is 45.8 Å². The lowest BCUT2D eigenvalue weighted by Crippen LogP contribution is -2.31. The number of nitrogens with zero attached hydrogens (tertiary/aromatic N) is 1. The summed E-state index contributed by atoms with van der Waals surface area (Å²) in [5.41, 5.74) is 2.85. The van der Waals surface area contributed by atoms with Crippen LogP contribution in [0, 0.1) is 11.3 Å². The maximum absolute atomic E-state index is 12.6. The Kier molecular flexibility index (Phi) is 3.99. The van der Waals surface area contributed by atoms with Crippen molar-refractivity contribution in [2.45, 2.75) is 44.6 Å². The van der Waals surface area contributed by atoms with Gasteiger partial charge < -0.3 is 10.1 Å². The predicted octanol–water partition coefficient (Wildman–Crippen LogP) is 3.83. The number of amides is 1. The van der Waals surface area contributed by atoms with Crippen molar-refractivity contribution >= 4 is 22.2 Å². The number of rotatable bonds is 2. The molecule has 2 aromatic rings. The van der Waals surface area contributed by atoms with Gasteiger partial charge in [-0.05, 0) is 42.9 Å². The molecule has 0 bridgehead atoms. The van der Waals surface area contributed by atoms with Gasteiger partial charge in [0.15, 0.2) is 6.10 Å². The van der Waals surface area contributed by atoms with Crippen molar-refractivity contribution in [1.29, 1.82) is 5.26 Å². The van der Waals surface area contributed by atoms with Crippen LogP contribution in [0.1, 0.15) is 40.8 Å². The molecule has 1 atom stereocenters. The largest absolute Gasteiger partial charge is 0.480 e. The van der Waals surface area contributed by atoms with E-state index < -0.39 is 6.10 Å². The van der Waals surface area contributed by atoms with Crippen LogP contribution in [0.25, 0.3) is 0 Å². The number of thiophene rings is 1. The fourth-order valence-electron chi connectivity index (χ4n) is 3.47. The summed E-state index contributed by atoms with van der Waals surface area (Å²) in [4.78, 5) is 13.9. The Labute approximate surface area is 145 Å². The van der Waals surface area contributed by atoms with E-state index in [-0.39, 0.29) is 5.91 Å². The lowest BCUT2D eigenvalue weighted by molar-refractivity contribution is -0.122. The summed E-state index contributed by atoms with van der Waals surface area (Å²) in [5.74, 6) is 0.610. The smallest absolute Gasteiger partial charge is 0.266 e. The highest BCUT2D eigenvalue weighted by Crippen LogP contribution is 2.37. The Hall–Kier alpha value is -2.32. The first-order valence-corrected chi connectivity index (χ1v) is 9.18. The first-order chi connectivity index (χ1) is 11.8. The van der Waals surface area contributed by atoms with Crippen LogP contribution in [0.3, 0.4) is 0 Å². The summed E-state index contributed by atoms with van der Waals surface area (Å²) < 4.78 is 5.75. The Bertz CT molecular complexity index is 809. The molecule has 0 fully saturated rings. The van der Waals surface area contributed by atoms with E-state index in [1.54, 1.807) is 11.3 Å². The number of nitriles is 1. The summed E-state index contributed by atoms with van der Waals surface area (Å²) in [5, 5.41) is 13.2. The van der Waals surface area contributed by atoms with Crippen molar-refractivity contribution in [3.8, 4) is 11.8 Å². The molecule has 5 heteroatoms. The first kappa shape index (κ1) is 15.2. The van der Waals surface area contributed by atoms with Crippen molar-refractivity contribution in [2.75, 3.05) is 5.32 Å². The predicted molar refractivity (Wildman–Crippen MR) is 93.5 cm³/mol. The molecule has 0 saturated heterocycles. The number of nitrogens with one attached hydrogen (secondary N) is 1. The van der Waals surface area contributed by atoms with E-state index >= 15 is 0 Å². The molecule has 0 radical (unpaired) electrons. The topological polar surface area (TPSA) is 62.1 Å². The zero-order chi connectivity index (χ0) is 16.5. The van der Waals surface area contributed by atoms with Gasteiger partial charge >= 0.3 is 0 Å². The lowest BCUT2D eigenvalue weighted by Gasteiger charge is -2.10. The third kappa shape index (κ3) is 2.67. The molecule has 0 saturated carbocycles. The van der Waals surface area contributed by atoms with Crippen LogP contribution in [-0.2, 0) is 24.1 Å². The molecule has 4 rings (SSSR count). The Balaban J connectivity index is 1.54. The molecule has 1 aliphatic heterocycles. The minimum atomic E-state index is -0.518. The van der Waals surface area contributed by atoms with Crippen molar-refractivity contribution in [3.63, 3.8) is 0 Å². The SMILES string of the molecule is N#Cc1c(NC(=O)[C@@H]2Cc3ccccc3O2)sc2c1CCCCC2. The standard InChI is InChI=1S/C19H18N2O2S/c20-11-14-13-7-2-1-3-9-17(13)24-19(14)21-18(22)16-10-12-6-4-5-8-15(12)23-16/h4-6,8,16H,1-3,7,9-10H2,(H,21,22)/t16-/m0/s1. The minimum Gasteiger partial charge on any atom is -0.480 e. The van der Waals surface area contributed by atoms with Gasteiger partial charge in [-0.3, -0.25) is 4.79 Å². The zero-order valence-corrected chi connectivity index (χ0v) is 14.1. The number of benzene rings is 1. The second-order valence-corrected chi connectivity index (χ2v) is 7.39. The van der Waals surface area contributed by atoms with Crippen LogP contribution in [-0.4, -0.2) is 12.0 Å². The average Bonchev–Trinajstić information content (AvgIpc) is 3.09. The third-order valence-electron chi connectivity index (χ3n) is 4.71. The summed E-state index contributed by atoms with van der Waals surface area (Å²) >= 11 is 1.56. The molecule has 0 unspecified atom stereocenters. The second-order valence-electron chi connectivity index (χ2n) is 6.29. The van der Waals surface area contributed by atoms with Gasteiger partial charge in [-0.25, -0.2) is 0 Å². The Morgan fingerprint density at radius 3 is 2.92 bits per heavy atom. The molecule has 2 heterocycles. The molecule has 1 N–H and O–H groups in total. The van der Waals surface area contributed by atoms with E-state index in [0.29, 0.717) is 17.0 Å². The minimum absolute atomic E-state index is 0.167. The molecule has 1 amide bonds. The van der Waals surface area contributed by atoms with E-state index in [1.807, 2.05) is 24.3 Å². The van der Waals surface area contributed by atoms with Crippen LogP contribution < -0.4 is 10.1 Å². The molecule has 1 aromatic carbocycles. The van der Waals surface area contributed by atoms with Gasteiger partial charge in [0, 0.05) is 11.3 Å². The number of carbonyl (C=O) groups excluding carboxylic acids is 1. The summed E-state index contributed by atoms with van der Waals surface area (Å²) in [6, 6.07) is 10.0. The normalized spacial score (nSPS) is 18.7. The van der Waals surface area contributed by atoms with Gasteiger partial charge in [-0.15, -0.1) is 11.3 Å². The van der Waals surface area contributed by atoms with Crippen LogP contribution >= 0.6 is 11.3 Å². The molecule has 0 spiro atoms. The number of para-hydroxylation sites is 1. The van der Waals surface area contributed by atoms with Crippen LogP contribution in [0.4, 0.5) is 5.00 Å². The van der Waals surface area contributed by atoms with Crippen molar-refractivity contribution < 1.29 is 9.53 Å². The van der Waals surface area contributed by atoms with Gasteiger partial charge in [0.25, 0.3) is 5.91 Å². The van der Waals surface area contributed by atoms with Gasteiger partial charge in [0.05, 0.1) is 5.56 Å². The maximum atomic E-state index is 12.6. The number of ether oxygens (including phenoxy) is 1. The molecule has 1 aromatic heterocycles. The zero-order valence-electron chi connectivity index (χ0n) is 13.3. The molecular formula is C19H18N2O2S. The van der Waals surface area contributed by atoms with E-state index in [1.165, 1.54) is 11.3 Å². The second kappa shape index (κ2) is 6.29. The van der Waals surface area contributed by atoms with E-state index in [0.717, 1.165) is 42.6 Å². The molecule has 4 nitrogen and oxygen atoms in total. The molecule has 1 aliphatic carbocycles. The fourth-order valence-corrected chi connectivity index (χ4v) is 4.71. The summed E-state index contributed by atoms with van der Waals surface area (Å²) in [7, 11) is 0.